The van der Waals surface area contributed by atoms with Crippen LogP contribution in [0, 0.1) is 19.7 Å². The quantitative estimate of drug-likeness (QED) is 0.696. The Labute approximate surface area is 156 Å². The Bertz CT molecular complexity index is 1020. The molecule has 5 nitrogen and oxygen atoms in total. The van der Waals surface area contributed by atoms with E-state index in [1.165, 1.54) is 6.07 Å². The van der Waals surface area contributed by atoms with Gasteiger partial charge in [-0.25, -0.2) is 14.4 Å². The summed E-state index contributed by atoms with van der Waals surface area (Å²) >= 11 is 0. The molecule has 4 rings (SSSR count). The second-order valence-corrected chi connectivity index (χ2v) is 6.73. The molecule has 1 fully saturated rings. The van der Waals surface area contributed by atoms with Gasteiger partial charge in [0.1, 0.15) is 11.9 Å². The fraction of sp³-hybridized carbons (Fsp3) is 0.286. The Balaban J connectivity index is 1.59. The smallest absolute Gasteiger partial charge is 0.254 e. The summed E-state index contributed by atoms with van der Waals surface area (Å²) in [5.41, 5.74) is 4.21. The van der Waals surface area contributed by atoms with Crippen molar-refractivity contribution in [1.29, 1.82) is 0 Å². The Kier molecular flexibility index (Phi) is 4.58. The highest BCUT2D eigenvalue weighted by Gasteiger charge is 2.27. The lowest BCUT2D eigenvalue weighted by atomic mass is 10.1. The van der Waals surface area contributed by atoms with Gasteiger partial charge < -0.3 is 9.64 Å². The van der Waals surface area contributed by atoms with Crippen molar-refractivity contribution >= 4 is 16.9 Å². The number of amides is 1. The van der Waals surface area contributed by atoms with Gasteiger partial charge in [0, 0.05) is 17.7 Å². The van der Waals surface area contributed by atoms with Gasteiger partial charge in [-0.15, -0.1) is 0 Å². The first-order valence-electron chi connectivity index (χ1n) is 8.93. The molecule has 0 bridgehead atoms. The summed E-state index contributed by atoms with van der Waals surface area (Å²) in [6, 6.07) is 11.9. The number of rotatable bonds is 2. The van der Waals surface area contributed by atoms with E-state index in [1.807, 2.05) is 19.9 Å². The van der Waals surface area contributed by atoms with E-state index in [9.17, 15) is 9.18 Å². The Morgan fingerprint density at radius 2 is 1.85 bits per heavy atom. The zero-order chi connectivity index (χ0) is 19.0. The number of nitrogens with zero attached hydrogens (tertiary/aromatic N) is 3. The number of carbonyl (C=O) groups is 1. The molecule has 2 heterocycles. The first-order valence-corrected chi connectivity index (χ1v) is 8.93. The molecule has 0 radical (unpaired) electrons. The number of benzene rings is 2. The minimum absolute atomic E-state index is 0.110. The van der Waals surface area contributed by atoms with Gasteiger partial charge in [0.25, 0.3) is 5.91 Å². The van der Waals surface area contributed by atoms with Gasteiger partial charge >= 0.3 is 0 Å². The van der Waals surface area contributed by atoms with Crippen LogP contribution in [0.15, 0.2) is 42.5 Å². The second kappa shape index (κ2) is 7.04. The van der Waals surface area contributed by atoms with Gasteiger partial charge in [0.2, 0.25) is 0 Å². The van der Waals surface area contributed by atoms with Crippen LogP contribution < -0.4 is 0 Å². The fourth-order valence-corrected chi connectivity index (χ4v) is 3.30. The number of aromatic nitrogens is 2. The highest BCUT2D eigenvalue weighted by molar-refractivity contribution is 5.97. The molecule has 0 N–H and O–H groups in total. The zero-order valence-corrected chi connectivity index (χ0v) is 15.3. The van der Waals surface area contributed by atoms with Crippen LogP contribution in [-0.2, 0) is 4.74 Å². The molecule has 1 atom stereocenters. The summed E-state index contributed by atoms with van der Waals surface area (Å²) < 4.78 is 19.8. The summed E-state index contributed by atoms with van der Waals surface area (Å²) in [5.74, 6) is -0.426. The van der Waals surface area contributed by atoms with Gasteiger partial charge in [0.05, 0.1) is 35.6 Å². The normalized spacial score (nSPS) is 17.3. The molecule has 27 heavy (non-hydrogen) atoms. The van der Waals surface area contributed by atoms with Crippen molar-refractivity contribution in [2.75, 3.05) is 19.7 Å². The van der Waals surface area contributed by atoms with E-state index < -0.39 is 6.10 Å². The molecule has 6 heteroatoms. The van der Waals surface area contributed by atoms with E-state index >= 15 is 0 Å². The Morgan fingerprint density at radius 3 is 2.63 bits per heavy atom. The van der Waals surface area contributed by atoms with Crippen LogP contribution in [-0.4, -0.2) is 40.5 Å². The average Bonchev–Trinajstić information content (AvgIpc) is 2.68. The molecule has 2 aromatic carbocycles. The lowest BCUT2D eigenvalue weighted by Crippen LogP contribution is -2.42. The molecule has 1 aliphatic heterocycles. The van der Waals surface area contributed by atoms with E-state index in [0.717, 1.165) is 16.9 Å². The maximum atomic E-state index is 14.1. The number of morpholine rings is 1. The van der Waals surface area contributed by atoms with Crippen LogP contribution in [0.2, 0.25) is 0 Å². The first-order chi connectivity index (χ1) is 13.0. The molecular formula is C21H20FN3O2. The van der Waals surface area contributed by atoms with Crippen LogP contribution in [0.5, 0.6) is 0 Å². The molecule has 1 aliphatic rings. The van der Waals surface area contributed by atoms with Crippen LogP contribution in [0.25, 0.3) is 11.0 Å². The van der Waals surface area contributed by atoms with Crippen molar-refractivity contribution in [3.8, 4) is 0 Å². The molecule has 1 aromatic heterocycles. The third-order valence-corrected chi connectivity index (χ3v) is 4.93. The van der Waals surface area contributed by atoms with Crippen molar-refractivity contribution in [3.05, 3.63) is 70.8 Å². The number of carbonyl (C=O) groups excluding carboxylic acids is 1. The van der Waals surface area contributed by atoms with Gasteiger partial charge in [-0.3, -0.25) is 4.79 Å². The number of hydrogen-bond acceptors (Lipinski definition) is 4. The van der Waals surface area contributed by atoms with Gasteiger partial charge in [0.15, 0.2) is 0 Å². The van der Waals surface area contributed by atoms with Crippen molar-refractivity contribution in [3.63, 3.8) is 0 Å². The average molecular weight is 365 g/mol. The van der Waals surface area contributed by atoms with Gasteiger partial charge in [-0.05, 0) is 38.1 Å². The number of fused-ring (bicyclic) bond motifs is 1. The van der Waals surface area contributed by atoms with Crippen molar-refractivity contribution in [2.45, 2.75) is 20.0 Å². The molecule has 0 saturated carbocycles. The third-order valence-electron chi connectivity index (χ3n) is 4.93. The molecular weight excluding hydrogens is 345 g/mol. The van der Waals surface area contributed by atoms with E-state index in [4.69, 9.17) is 4.74 Å². The predicted molar refractivity (Wildman–Crippen MR) is 100 cm³/mol. The first kappa shape index (κ1) is 17.5. The standard InChI is InChI=1S/C21H20FN3O2/c1-13-14(2)24-19-11-15(7-8-18(19)23-13)21(26)25-9-10-27-20(12-25)16-5-3-4-6-17(16)22/h3-8,11,20H,9-10,12H2,1-2H3. The molecule has 1 unspecified atom stereocenters. The minimum Gasteiger partial charge on any atom is -0.370 e. The van der Waals surface area contributed by atoms with Crippen LogP contribution in [0.1, 0.15) is 33.4 Å². The van der Waals surface area contributed by atoms with Crippen molar-refractivity contribution in [1.82, 2.24) is 14.9 Å². The predicted octanol–water partition coefficient (Wildman–Crippen LogP) is 3.60. The number of hydrogen-bond donors (Lipinski definition) is 0. The summed E-state index contributed by atoms with van der Waals surface area (Å²) in [7, 11) is 0. The molecule has 3 aromatic rings. The molecule has 1 saturated heterocycles. The summed E-state index contributed by atoms with van der Waals surface area (Å²) in [6.07, 6.45) is -0.464. The number of ether oxygens (including phenoxy) is 1. The summed E-state index contributed by atoms with van der Waals surface area (Å²) in [6.45, 7) is 4.97. The number of aryl methyl sites for hydroxylation is 2. The van der Waals surface area contributed by atoms with Crippen LogP contribution in [0.4, 0.5) is 4.39 Å². The molecule has 138 valence electrons. The third kappa shape index (κ3) is 3.40. The summed E-state index contributed by atoms with van der Waals surface area (Å²) in [4.78, 5) is 23.7. The molecule has 0 spiro atoms. The van der Waals surface area contributed by atoms with E-state index in [-0.39, 0.29) is 11.7 Å². The minimum atomic E-state index is -0.464. The maximum Gasteiger partial charge on any atom is 0.254 e. The zero-order valence-electron chi connectivity index (χ0n) is 15.3. The largest absolute Gasteiger partial charge is 0.370 e. The Morgan fingerprint density at radius 1 is 1.11 bits per heavy atom. The maximum absolute atomic E-state index is 14.1. The van der Waals surface area contributed by atoms with E-state index in [0.29, 0.717) is 36.3 Å². The molecule has 0 aliphatic carbocycles. The van der Waals surface area contributed by atoms with Crippen LogP contribution in [0.3, 0.4) is 0 Å². The Hall–Kier alpha value is -2.86. The summed E-state index contributed by atoms with van der Waals surface area (Å²) in [5, 5.41) is 0. The lowest BCUT2D eigenvalue weighted by molar-refractivity contribution is -0.0243. The monoisotopic (exact) mass is 365 g/mol. The van der Waals surface area contributed by atoms with E-state index in [2.05, 4.69) is 9.97 Å². The highest BCUT2D eigenvalue weighted by Crippen LogP contribution is 2.26. The topological polar surface area (TPSA) is 55.3 Å². The van der Waals surface area contributed by atoms with Crippen molar-refractivity contribution < 1.29 is 13.9 Å². The SMILES string of the molecule is Cc1nc2ccc(C(=O)N3CCOC(c4ccccc4F)C3)cc2nc1C. The van der Waals surface area contributed by atoms with Crippen molar-refractivity contribution in [2.24, 2.45) is 0 Å². The van der Waals surface area contributed by atoms with E-state index in [1.54, 1.807) is 35.2 Å². The van der Waals surface area contributed by atoms with Gasteiger partial charge in [-0.1, -0.05) is 18.2 Å². The molecule has 1 amide bonds. The van der Waals surface area contributed by atoms with Gasteiger partial charge in [-0.2, -0.15) is 0 Å². The number of halogens is 1. The highest BCUT2D eigenvalue weighted by atomic mass is 19.1. The fourth-order valence-electron chi connectivity index (χ4n) is 3.30. The van der Waals surface area contributed by atoms with Crippen LogP contribution >= 0.6 is 0 Å². The lowest BCUT2D eigenvalue weighted by Gasteiger charge is -2.33. The second-order valence-electron chi connectivity index (χ2n) is 6.73.